The molecular formula is C23H22N2O4. The lowest BCUT2D eigenvalue weighted by Crippen LogP contribution is -2.26. The zero-order valence-electron chi connectivity index (χ0n) is 16.3. The first-order valence-electron chi connectivity index (χ1n) is 9.22. The minimum absolute atomic E-state index is 0.119. The van der Waals surface area contributed by atoms with Crippen LogP contribution in [0.2, 0.25) is 0 Å². The third-order valence-electron chi connectivity index (χ3n) is 4.51. The molecule has 2 N–H and O–H groups in total. The molecule has 29 heavy (non-hydrogen) atoms. The van der Waals surface area contributed by atoms with Crippen molar-refractivity contribution >= 4 is 28.7 Å². The first-order chi connectivity index (χ1) is 14.0. The third kappa shape index (κ3) is 4.67. The minimum atomic E-state index is -0.385. The van der Waals surface area contributed by atoms with E-state index in [1.165, 1.54) is 6.08 Å². The summed E-state index contributed by atoms with van der Waals surface area (Å²) in [5.74, 6) is -0.602. The summed E-state index contributed by atoms with van der Waals surface area (Å²) >= 11 is 0. The van der Waals surface area contributed by atoms with Gasteiger partial charge in [0.05, 0.1) is 12.2 Å². The maximum Gasteiger partial charge on any atom is 0.251 e. The Morgan fingerprint density at radius 3 is 2.72 bits per heavy atom. The van der Waals surface area contributed by atoms with Crippen LogP contribution in [0.1, 0.15) is 32.0 Å². The summed E-state index contributed by atoms with van der Waals surface area (Å²) in [6.07, 6.45) is 2.95. The number of benzene rings is 2. The van der Waals surface area contributed by atoms with Gasteiger partial charge in [0.25, 0.3) is 5.91 Å². The molecule has 0 aliphatic carbocycles. The van der Waals surface area contributed by atoms with E-state index in [1.807, 2.05) is 6.07 Å². The van der Waals surface area contributed by atoms with Crippen LogP contribution in [0.5, 0.6) is 0 Å². The van der Waals surface area contributed by atoms with Crippen molar-refractivity contribution in [3.63, 3.8) is 0 Å². The number of methoxy groups -OCH3 is 1. The number of fused-ring (bicyclic) bond motifs is 1. The molecule has 0 bridgehead atoms. The number of rotatable bonds is 7. The lowest BCUT2D eigenvalue weighted by molar-refractivity contribution is 0.0936. The molecule has 0 fully saturated rings. The normalized spacial score (nSPS) is 11.1. The summed E-state index contributed by atoms with van der Waals surface area (Å²) in [5.41, 5.74) is 2.21. The SMILES string of the molecule is COCCNC(=O)c1cccc(/C=C/C(=O)c2c(C)[nH]c3ccccc3c2=O)c1. The van der Waals surface area contributed by atoms with Crippen LogP contribution < -0.4 is 10.7 Å². The number of allylic oxidation sites excluding steroid dienone is 1. The first kappa shape index (κ1) is 20.2. The topological polar surface area (TPSA) is 88.3 Å². The summed E-state index contributed by atoms with van der Waals surface area (Å²) < 4.78 is 4.91. The van der Waals surface area contributed by atoms with Crippen molar-refractivity contribution in [3.05, 3.63) is 87.2 Å². The van der Waals surface area contributed by atoms with E-state index in [9.17, 15) is 14.4 Å². The number of carbonyl (C=O) groups excluding carboxylic acids is 2. The van der Waals surface area contributed by atoms with Gasteiger partial charge in [0.2, 0.25) is 5.43 Å². The van der Waals surface area contributed by atoms with E-state index in [4.69, 9.17) is 4.74 Å². The standard InChI is InChI=1S/C23H22N2O4/c1-15-21(22(27)18-8-3-4-9-19(18)25-15)20(26)11-10-16-6-5-7-17(14-16)23(28)24-12-13-29-2/h3-11,14H,12-13H2,1-2H3,(H,24,28)(H,25,27)/b11-10+. The van der Waals surface area contributed by atoms with E-state index in [2.05, 4.69) is 10.3 Å². The van der Waals surface area contributed by atoms with Crippen LogP contribution in [0.15, 0.2) is 59.4 Å². The molecule has 1 aromatic heterocycles. The Hall–Kier alpha value is -3.51. The highest BCUT2D eigenvalue weighted by atomic mass is 16.5. The number of hydrogen-bond donors (Lipinski definition) is 2. The number of aromatic nitrogens is 1. The number of para-hydroxylation sites is 1. The van der Waals surface area contributed by atoms with Crippen LogP contribution in [0.3, 0.4) is 0 Å². The predicted molar refractivity (Wildman–Crippen MR) is 113 cm³/mol. The maximum absolute atomic E-state index is 12.7. The van der Waals surface area contributed by atoms with Crippen LogP contribution in [-0.4, -0.2) is 36.9 Å². The lowest BCUT2D eigenvalue weighted by atomic mass is 10.0. The van der Waals surface area contributed by atoms with Gasteiger partial charge < -0.3 is 15.0 Å². The van der Waals surface area contributed by atoms with Gasteiger partial charge >= 0.3 is 0 Å². The van der Waals surface area contributed by atoms with E-state index in [0.29, 0.717) is 40.9 Å². The number of aryl methyl sites for hydroxylation is 1. The Morgan fingerprint density at radius 1 is 1.14 bits per heavy atom. The van der Waals surface area contributed by atoms with E-state index in [0.717, 1.165) is 0 Å². The first-order valence-corrected chi connectivity index (χ1v) is 9.22. The lowest BCUT2D eigenvalue weighted by Gasteiger charge is -2.06. The molecule has 0 atom stereocenters. The zero-order valence-corrected chi connectivity index (χ0v) is 16.3. The average molecular weight is 390 g/mol. The second-order valence-electron chi connectivity index (χ2n) is 6.57. The number of H-pyrrole nitrogens is 1. The number of amides is 1. The van der Waals surface area contributed by atoms with E-state index in [1.54, 1.807) is 62.6 Å². The highest BCUT2D eigenvalue weighted by molar-refractivity contribution is 6.09. The van der Waals surface area contributed by atoms with Crippen LogP contribution in [0.25, 0.3) is 17.0 Å². The molecule has 0 radical (unpaired) electrons. The summed E-state index contributed by atoms with van der Waals surface area (Å²) in [7, 11) is 1.57. The monoisotopic (exact) mass is 390 g/mol. The molecule has 0 saturated carbocycles. The van der Waals surface area contributed by atoms with Crippen molar-refractivity contribution in [2.24, 2.45) is 0 Å². The average Bonchev–Trinajstić information content (AvgIpc) is 2.72. The Morgan fingerprint density at radius 2 is 1.93 bits per heavy atom. The van der Waals surface area contributed by atoms with Gasteiger partial charge in [0.15, 0.2) is 5.78 Å². The van der Waals surface area contributed by atoms with Gasteiger partial charge in [-0.25, -0.2) is 0 Å². The fourth-order valence-electron chi connectivity index (χ4n) is 3.06. The van der Waals surface area contributed by atoms with Gasteiger partial charge in [0, 0.05) is 35.8 Å². The van der Waals surface area contributed by atoms with Crippen molar-refractivity contribution in [2.45, 2.75) is 6.92 Å². The van der Waals surface area contributed by atoms with Gasteiger partial charge in [-0.3, -0.25) is 14.4 Å². The number of ketones is 1. The van der Waals surface area contributed by atoms with Gasteiger partial charge in [0.1, 0.15) is 0 Å². The molecule has 3 rings (SSSR count). The van der Waals surface area contributed by atoms with Crippen LogP contribution in [0, 0.1) is 6.92 Å². The molecule has 1 amide bonds. The Bertz CT molecular complexity index is 1150. The van der Waals surface area contributed by atoms with Crippen molar-refractivity contribution in [1.29, 1.82) is 0 Å². The van der Waals surface area contributed by atoms with Crippen molar-refractivity contribution in [1.82, 2.24) is 10.3 Å². The largest absolute Gasteiger partial charge is 0.383 e. The minimum Gasteiger partial charge on any atom is -0.383 e. The summed E-state index contributed by atoms with van der Waals surface area (Å²) in [4.78, 5) is 40.7. The van der Waals surface area contributed by atoms with E-state index >= 15 is 0 Å². The molecule has 0 aliphatic heterocycles. The molecule has 148 valence electrons. The molecule has 0 aliphatic rings. The molecule has 0 unspecified atom stereocenters. The van der Waals surface area contributed by atoms with Gasteiger partial charge in [-0.05, 0) is 42.8 Å². The fourth-order valence-corrected chi connectivity index (χ4v) is 3.06. The predicted octanol–water partition coefficient (Wildman–Crippen LogP) is 3.11. The number of carbonyl (C=O) groups is 2. The number of pyridine rings is 1. The zero-order chi connectivity index (χ0) is 20.8. The molecule has 6 nitrogen and oxygen atoms in total. The highest BCUT2D eigenvalue weighted by Gasteiger charge is 2.14. The molecular weight excluding hydrogens is 368 g/mol. The van der Waals surface area contributed by atoms with Crippen LogP contribution in [0.4, 0.5) is 0 Å². The second-order valence-corrected chi connectivity index (χ2v) is 6.57. The van der Waals surface area contributed by atoms with Gasteiger partial charge in [-0.1, -0.05) is 30.3 Å². The number of aromatic amines is 1. The maximum atomic E-state index is 12.7. The molecule has 2 aromatic carbocycles. The quantitative estimate of drug-likeness (QED) is 0.369. The third-order valence-corrected chi connectivity index (χ3v) is 4.51. The Labute approximate surface area is 168 Å². The smallest absolute Gasteiger partial charge is 0.251 e. The molecule has 0 spiro atoms. The van der Waals surface area contributed by atoms with Gasteiger partial charge in [-0.2, -0.15) is 0 Å². The summed E-state index contributed by atoms with van der Waals surface area (Å²) in [5, 5.41) is 3.23. The van der Waals surface area contributed by atoms with Crippen molar-refractivity contribution < 1.29 is 14.3 Å². The number of ether oxygens (including phenoxy) is 1. The Kier molecular flexibility index (Phi) is 6.36. The summed E-state index contributed by atoms with van der Waals surface area (Å²) in [6.45, 7) is 2.55. The molecule has 6 heteroatoms. The van der Waals surface area contributed by atoms with E-state index in [-0.39, 0.29) is 22.7 Å². The second kappa shape index (κ2) is 9.12. The van der Waals surface area contributed by atoms with Crippen molar-refractivity contribution in [2.75, 3.05) is 20.3 Å². The molecule has 3 aromatic rings. The highest BCUT2D eigenvalue weighted by Crippen LogP contribution is 2.13. The van der Waals surface area contributed by atoms with Crippen molar-refractivity contribution in [3.8, 4) is 0 Å². The number of nitrogens with one attached hydrogen (secondary N) is 2. The number of hydrogen-bond acceptors (Lipinski definition) is 4. The van der Waals surface area contributed by atoms with E-state index < -0.39 is 0 Å². The fraction of sp³-hybridized carbons (Fsp3) is 0.174. The van der Waals surface area contributed by atoms with Crippen LogP contribution >= 0.6 is 0 Å². The molecule has 1 heterocycles. The van der Waals surface area contributed by atoms with Gasteiger partial charge in [-0.15, -0.1) is 0 Å². The Balaban J connectivity index is 1.83. The van der Waals surface area contributed by atoms with Crippen LogP contribution in [-0.2, 0) is 4.74 Å². The summed E-state index contributed by atoms with van der Waals surface area (Å²) in [6, 6.07) is 14.0. The molecule has 0 saturated heterocycles.